The van der Waals surface area contributed by atoms with Gasteiger partial charge in [0.25, 0.3) is 5.91 Å². The minimum absolute atomic E-state index is 0.0124. The highest BCUT2D eigenvalue weighted by atomic mass is 16.3. The fourth-order valence-corrected chi connectivity index (χ4v) is 2.18. The quantitative estimate of drug-likeness (QED) is 0.807. The van der Waals surface area contributed by atoms with Gasteiger partial charge in [0.1, 0.15) is 5.69 Å². The van der Waals surface area contributed by atoms with Crippen molar-refractivity contribution in [1.29, 1.82) is 0 Å². The number of amides is 1. The molecule has 0 spiro atoms. The third kappa shape index (κ3) is 2.09. The van der Waals surface area contributed by atoms with E-state index >= 15 is 0 Å². The van der Waals surface area contributed by atoms with E-state index in [1.807, 2.05) is 18.3 Å². The largest absolute Gasteiger partial charge is 0.396 e. The smallest absolute Gasteiger partial charge is 0.267 e. The number of aliphatic hydroxyl groups is 1. The third-order valence-corrected chi connectivity index (χ3v) is 3.87. The molecule has 2 N–H and O–H groups in total. The minimum atomic E-state index is -0.0212. The molecule has 1 amide bonds. The highest BCUT2D eigenvalue weighted by molar-refractivity contribution is 5.92. The summed E-state index contributed by atoms with van der Waals surface area (Å²) in [5.74, 6) is -0.0124. The molecule has 2 saturated carbocycles. The van der Waals surface area contributed by atoms with Crippen LogP contribution in [0.1, 0.15) is 42.2 Å². The van der Waals surface area contributed by atoms with Crippen LogP contribution in [0, 0.1) is 5.41 Å². The standard InChI is InChI=1S/C13H18N2O2/c16-9-13(5-6-13)8-14-12(17)11-2-1-7-15(11)10-3-4-10/h1-2,7,10,16H,3-6,8-9H2,(H,14,17). The van der Waals surface area contributed by atoms with Crippen LogP contribution >= 0.6 is 0 Å². The second kappa shape index (κ2) is 3.88. The van der Waals surface area contributed by atoms with E-state index in [0.29, 0.717) is 12.6 Å². The van der Waals surface area contributed by atoms with Crippen molar-refractivity contribution in [2.24, 2.45) is 5.41 Å². The van der Waals surface area contributed by atoms with Crippen molar-refractivity contribution in [3.05, 3.63) is 24.0 Å². The number of hydrogen-bond acceptors (Lipinski definition) is 2. The van der Waals surface area contributed by atoms with Crippen molar-refractivity contribution in [3.63, 3.8) is 0 Å². The topological polar surface area (TPSA) is 54.3 Å². The van der Waals surface area contributed by atoms with Gasteiger partial charge in [0.15, 0.2) is 0 Å². The highest BCUT2D eigenvalue weighted by Crippen LogP contribution is 2.44. The zero-order chi connectivity index (χ0) is 11.9. The summed E-state index contributed by atoms with van der Waals surface area (Å²) in [5.41, 5.74) is 0.730. The Bertz CT molecular complexity index is 430. The fourth-order valence-electron chi connectivity index (χ4n) is 2.18. The maximum Gasteiger partial charge on any atom is 0.267 e. The molecule has 4 heteroatoms. The Balaban J connectivity index is 1.63. The van der Waals surface area contributed by atoms with Crippen LogP contribution in [0.15, 0.2) is 18.3 Å². The van der Waals surface area contributed by atoms with Gasteiger partial charge in [-0.25, -0.2) is 0 Å². The molecule has 4 nitrogen and oxygen atoms in total. The van der Waals surface area contributed by atoms with E-state index in [2.05, 4.69) is 9.88 Å². The summed E-state index contributed by atoms with van der Waals surface area (Å²) >= 11 is 0. The molecule has 1 aromatic heterocycles. The Kier molecular flexibility index (Phi) is 2.47. The summed E-state index contributed by atoms with van der Waals surface area (Å²) in [6.07, 6.45) is 6.37. The van der Waals surface area contributed by atoms with Crippen LogP contribution < -0.4 is 5.32 Å². The van der Waals surface area contributed by atoms with Crippen LogP contribution in [0.3, 0.4) is 0 Å². The van der Waals surface area contributed by atoms with Crippen LogP contribution in [0.5, 0.6) is 0 Å². The Labute approximate surface area is 101 Å². The Morgan fingerprint density at radius 2 is 2.29 bits per heavy atom. The SMILES string of the molecule is O=C(NCC1(CO)CC1)c1cccn1C1CC1. The summed E-state index contributed by atoms with van der Waals surface area (Å²) in [5, 5.41) is 12.1. The highest BCUT2D eigenvalue weighted by Gasteiger charge is 2.42. The van der Waals surface area contributed by atoms with E-state index in [1.165, 1.54) is 12.8 Å². The maximum atomic E-state index is 12.0. The number of carbonyl (C=O) groups is 1. The van der Waals surface area contributed by atoms with Crippen LogP contribution in [0.2, 0.25) is 0 Å². The molecule has 0 aromatic carbocycles. The van der Waals surface area contributed by atoms with Crippen molar-refractivity contribution >= 4 is 5.91 Å². The average Bonchev–Trinajstić information content (AvgIpc) is 3.27. The van der Waals surface area contributed by atoms with Crippen molar-refractivity contribution in [1.82, 2.24) is 9.88 Å². The number of carbonyl (C=O) groups excluding carboxylic acids is 1. The molecule has 2 aliphatic carbocycles. The molecule has 0 radical (unpaired) electrons. The van der Waals surface area contributed by atoms with E-state index in [-0.39, 0.29) is 17.9 Å². The van der Waals surface area contributed by atoms with Gasteiger partial charge in [-0.3, -0.25) is 4.79 Å². The summed E-state index contributed by atoms with van der Waals surface area (Å²) in [7, 11) is 0. The predicted octanol–water partition coefficient (Wildman–Crippen LogP) is 1.33. The summed E-state index contributed by atoms with van der Waals surface area (Å²) in [4.78, 5) is 12.0. The second-order valence-corrected chi connectivity index (χ2v) is 5.37. The first-order valence-corrected chi connectivity index (χ1v) is 6.30. The second-order valence-electron chi connectivity index (χ2n) is 5.37. The molecule has 1 heterocycles. The molecule has 92 valence electrons. The molecule has 3 rings (SSSR count). The van der Waals surface area contributed by atoms with Crippen LogP contribution in [-0.2, 0) is 0 Å². The van der Waals surface area contributed by atoms with Gasteiger partial charge in [0, 0.05) is 24.2 Å². The number of aromatic nitrogens is 1. The number of aliphatic hydroxyl groups excluding tert-OH is 1. The van der Waals surface area contributed by atoms with Crippen LogP contribution in [0.4, 0.5) is 0 Å². The van der Waals surface area contributed by atoms with Gasteiger partial charge in [-0.1, -0.05) is 0 Å². The molecular formula is C13H18N2O2. The number of rotatable bonds is 5. The van der Waals surface area contributed by atoms with Gasteiger partial charge in [0.2, 0.25) is 0 Å². The number of nitrogens with one attached hydrogen (secondary N) is 1. The lowest BCUT2D eigenvalue weighted by atomic mass is 10.1. The Morgan fingerprint density at radius 3 is 2.88 bits per heavy atom. The van der Waals surface area contributed by atoms with E-state index in [0.717, 1.165) is 18.5 Å². The Morgan fingerprint density at radius 1 is 1.53 bits per heavy atom. The normalized spacial score (nSPS) is 21.2. The first kappa shape index (κ1) is 10.8. The summed E-state index contributed by atoms with van der Waals surface area (Å²) < 4.78 is 2.06. The zero-order valence-electron chi connectivity index (χ0n) is 9.85. The van der Waals surface area contributed by atoms with Crippen molar-refractivity contribution in [3.8, 4) is 0 Å². The molecule has 0 saturated heterocycles. The maximum absolute atomic E-state index is 12.0. The van der Waals surface area contributed by atoms with E-state index in [4.69, 9.17) is 0 Å². The third-order valence-electron chi connectivity index (χ3n) is 3.87. The van der Waals surface area contributed by atoms with Gasteiger partial charge in [-0.2, -0.15) is 0 Å². The van der Waals surface area contributed by atoms with Gasteiger partial charge in [-0.05, 0) is 37.8 Å². The number of hydrogen-bond donors (Lipinski definition) is 2. The zero-order valence-corrected chi connectivity index (χ0v) is 9.85. The molecule has 1 aromatic rings. The molecule has 0 bridgehead atoms. The van der Waals surface area contributed by atoms with Crippen molar-refractivity contribution in [2.45, 2.75) is 31.7 Å². The molecular weight excluding hydrogens is 216 g/mol. The van der Waals surface area contributed by atoms with Gasteiger partial charge >= 0.3 is 0 Å². The molecule has 2 aliphatic rings. The molecule has 0 aliphatic heterocycles. The lowest BCUT2D eigenvalue weighted by Crippen LogP contribution is -2.33. The van der Waals surface area contributed by atoms with E-state index in [1.54, 1.807) is 0 Å². The number of nitrogens with zero attached hydrogens (tertiary/aromatic N) is 1. The molecule has 2 fully saturated rings. The summed E-state index contributed by atoms with van der Waals surface area (Å²) in [6, 6.07) is 4.32. The van der Waals surface area contributed by atoms with Crippen LogP contribution in [0.25, 0.3) is 0 Å². The lowest BCUT2D eigenvalue weighted by Gasteiger charge is -2.13. The van der Waals surface area contributed by atoms with Gasteiger partial charge < -0.3 is 15.0 Å². The van der Waals surface area contributed by atoms with Gasteiger partial charge in [0.05, 0.1) is 6.61 Å². The van der Waals surface area contributed by atoms with Crippen LogP contribution in [-0.4, -0.2) is 28.7 Å². The summed E-state index contributed by atoms with van der Waals surface area (Å²) in [6.45, 7) is 0.773. The lowest BCUT2D eigenvalue weighted by molar-refractivity contribution is 0.0925. The molecule has 0 atom stereocenters. The minimum Gasteiger partial charge on any atom is -0.396 e. The van der Waals surface area contributed by atoms with E-state index in [9.17, 15) is 9.90 Å². The first-order valence-electron chi connectivity index (χ1n) is 6.30. The molecule has 17 heavy (non-hydrogen) atoms. The first-order chi connectivity index (χ1) is 8.24. The fraction of sp³-hybridized carbons (Fsp3) is 0.615. The average molecular weight is 234 g/mol. The van der Waals surface area contributed by atoms with Crippen molar-refractivity contribution in [2.75, 3.05) is 13.2 Å². The molecule has 0 unspecified atom stereocenters. The predicted molar refractivity (Wildman–Crippen MR) is 63.8 cm³/mol. The van der Waals surface area contributed by atoms with E-state index < -0.39 is 0 Å². The monoisotopic (exact) mass is 234 g/mol. The Hall–Kier alpha value is -1.29. The van der Waals surface area contributed by atoms with Crippen molar-refractivity contribution < 1.29 is 9.90 Å². The van der Waals surface area contributed by atoms with Gasteiger partial charge in [-0.15, -0.1) is 0 Å².